The number of halogens is 1. The molecule has 3 aromatic rings. The molecule has 0 bridgehead atoms. The zero-order valence-electron chi connectivity index (χ0n) is 15.7. The van der Waals surface area contributed by atoms with Gasteiger partial charge in [0.15, 0.2) is 4.80 Å². The van der Waals surface area contributed by atoms with Crippen LogP contribution in [0.3, 0.4) is 0 Å². The third-order valence-corrected chi connectivity index (χ3v) is 6.66. The molecule has 148 valence electrons. The van der Waals surface area contributed by atoms with Crippen LogP contribution in [-0.2, 0) is 9.53 Å². The number of aromatic nitrogens is 1. The summed E-state index contributed by atoms with van der Waals surface area (Å²) >= 11 is 8.75. The summed E-state index contributed by atoms with van der Waals surface area (Å²) in [6.45, 7) is 3.80. The van der Waals surface area contributed by atoms with Gasteiger partial charge in [0.25, 0.3) is 5.56 Å². The molecule has 0 saturated carbocycles. The van der Waals surface area contributed by atoms with Gasteiger partial charge >= 0.3 is 5.97 Å². The van der Waals surface area contributed by atoms with E-state index in [9.17, 15) is 9.59 Å². The summed E-state index contributed by atoms with van der Waals surface area (Å²) < 4.78 is 7.41. The van der Waals surface area contributed by atoms with Crippen molar-refractivity contribution < 1.29 is 9.53 Å². The van der Waals surface area contributed by atoms with E-state index in [4.69, 9.17) is 16.3 Å². The highest BCUT2D eigenvalue weighted by molar-refractivity contribution is 7.10. The van der Waals surface area contributed by atoms with Crippen molar-refractivity contribution in [2.45, 2.75) is 19.9 Å². The van der Waals surface area contributed by atoms with Crippen molar-refractivity contribution in [3.05, 3.63) is 88.2 Å². The number of hydrogen-bond donors (Lipinski definition) is 0. The van der Waals surface area contributed by atoms with Gasteiger partial charge in [-0.15, -0.1) is 11.3 Å². The van der Waals surface area contributed by atoms with E-state index in [-0.39, 0.29) is 12.2 Å². The van der Waals surface area contributed by atoms with Crippen molar-refractivity contribution in [3.8, 4) is 0 Å². The average Bonchev–Trinajstić information content (AvgIpc) is 3.32. The summed E-state index contributed by atoms with van der Waals surface area (Å²) in [5.74, 6) is -0.445. The highest BCUT2D eigenvalue weighted by atomic mass is 35.5. The Hall–Kier alpha value is -2.48. The summed E-state index contributed by atoms with van der Waals surface area (Å²) in [6, 6.07) is 10.5. The standard InChI is InChI=1S/C21H17ClN2O3S2/c1-3-27-20(26)17-12(2)23-21-24(18(17)15-5-4-10-28-15)19(25)16(29-21)11-13-6-8-14(22)9-7-13/h4-11,18H,3H2,1-2H3/t18-/m1/s1. The summed E-state index contributed by atoms with van der Waals surface area (Å²) in [4.78, 5) is 32.0. The SMILES string of the molecule is CCOC(=O)C1=C(C)N=c2sc(=Cc3ccc(Cl)cc3)c(=O)n2[C@@H]1c1cccs1. The van der Waals surface area contributed by atoms with Crippen LogP contribution < -0.4 is 14.9 Å². The fraction of sp³-hybridized carbons (Fsp3) is 0.190. The van der Waals surface area contributed by atoms with Crippen LogP contribution in [0.15, 0.2) is 62.8 Å². The van der Waals surface area contributed by atoms with Crippen LogP contribution in [0.2, 0.25) is 5.02 Å². The van der Waals surface area contributed by atoms with E-state index in [1.54, 1.807) is 30.5 Å². The number of allylic oxidation sites excluding steroid dienone is 1. The van der Waals surface area contributed by atoms with Crippen LogP contribution in [0.25, 0.3) is 6.08 Å². The number of hydrogen-bond acceptors (Lipinski definition) is 6. The van der Waals surface area contributed by atoms with Crippen LogP contribution >= 0.6 is 34.3 Å². The smallest absolute Gasteiger partial charge is 0.338 e. The van der Waals surface area contributed by atoms with Crippen LogP contribution in [-0.4, -0.2) is 17.1 Å². The Balaban J connectivity index is 1.93. The number of ether oxygens (including phenoxy) is 1. The van der Waals surface area contributed by atoms with Crippen molar-refractivity contribution in [1.82, 2.24) is 4.57 Å². The van der Waals surface area contributed by atoms with Gasteiger partial charge in [0.05, 0.1) is 22.4 Å². The second-order valence-electron chi connectivity index (χ2n) is 6.37. The molecule has 1 aliphatic heterocycles. The summed E-state index contributed by atoms with van der Waals surface area (Å²) in [5, 5.41) is 2.56. The number of thiazole rings is 1. The quantitative estimate of drug-likeness (QED) is 0.578. The molecule has 0 unspecified atom stereocenters. The first-order valence-electron chi connectivity index (χ1n) is 8.98. The van der Waals surface area contributed by atoms with Gasteiger partial charge in [0, 0.05) is 9.90 Å². The molecular weight excluding hydrogens is 428 g/mol. The number of carbonyl (C=O) groups is 1. The molecule has 1 aliphatic rings. The van der Waals surface area contributed by atoms with Gasteiger partial charge in [-0.25, -0.2) is 9.79 Å². The predicted octanol–water partition coefficient (Wildman–Crippen LogP) is 3.51. The van der Waals surface area contributed by atoms with E-state index in [1.165, 1.54) is 22.7 Å². The lowest BCUT2D eigenvalue weighted by Crippen LogP contribution is -2.39. The highest BCUT2D eigenvalue weighted by Crippen LogP contribution is 2.33. The van der Waals surface area contributed by atoms with Crippen molar-refractivity contribution in [2.75, 3.05) is 6.61 Å². The Kier molecular flexibility index (Phi) is 5.54. The third-order valence-electron chi connectivity index (χ3n) is 4.50. The van der Waals surface area contributed by atoms with Crippen LogP contribution in [0.5, 0.6) is 0 Å². The van der Waals surface area contributed by atoms with Gasteiger partial charge in [-0.1, -0.05) is 41.1 Å². The van der Waals surface area contributed by atoms with Gasteiger partial charge < -0.3 is 4.74 Å². The Bertz CT molecular complexity index is 1270. The molecule has 2 aromatic heterocycles. The molecule has 0 radical (unpaired) electrons. The molecule has 0 saturated heterocycles. The maximum atomic E-state index is 13.3. The Morgan fingerprint density at radius 2 is 2.07 bits per heavy atom. The number of esters is 1. The summed E-state index contributed by atoms with van der Waals surface area (Å²) in [7, 11) is 0. The largest absolute Gasteiger partial charge is 0.463 e. The van der Waals surface area contributed by atoms with Crippen molar-refractivity contribution >= 4 is 46.3 Å². The molecule has 0 N–H and O–H groups in total. The Labute approximate surface area is 179 Å². The maximum Gasteiger partial charge on any atom is 0.338 e. The molecule has 1 atom stereocenters. The number of nitrogens with zero attached hydrogens (tertiary/aromatic N) is 2. The zero-order valence-corrected chi connectivity index (χ0v) is 18.1. The Morgan fingerprint density at radius 3 is 2.72 bits per heavy atom. The fourth-order valence-corrected chi connectivity index (χ4v) is 5.21. The van der Waals surface area contributed by atoms with Crippen LogP contribution in [0, 0.1) is 0 Å². The number of carbonyl (C=O) groups excluding carboxylic acids is 1. The van der Waals surface area contributed by atoms with Gasteiger partial charge in [-0.3, -0.25) is 9.36 Å². The minimum absolute atomic E-state index is 0.184. The van der Waals surface area contributed by atoms with Gasteiger partial charge in [0.1, 0.15) is 6.04 Å². The fourth-order valence-electron chi connectivity index (χ4n) is 3.22. The third kappa shape index (κ3) is 3.73. The molecule has 8 heteroatoms. The second kappa shape index (κ2) is 8.10. The second-order valence-corrected chi connectivity index (χ2v) is 8.79. The van der Waals surface area contributed by atoms with E-state index in [0.29, 0.717) is 25.6 Å². The van der Waals surface area contributed by atoms with Crippen LogP contribution in [0.4, 0.5) is 0 Å². The molecule has 0 aliphatic carbocycles. The molecule has 0 spiro atoms. The molecule has 0 fully saturated rings. The van der Waals surface area contributed by atoms with Crippen LogP contribution in [0.1, 0.15) is 30.3 Å². The number of rotatable bonds is 4. The first-order chi connectivity index (χ1) is 14.0. The minimum Gasteiger partial charge on any atom is -0.463 e. The molecule has 3 heterocycles. The van der Waals surface area contributed by atoms with Crippen molar-refractivity contribution in [2.24, 2.45) is 4.99 Å². The van der Waals surface area contributed by atoms with E-state index < -0.39 is 12.0 Å². The van der Waals surface area contributed by atoms with E-state index >= 15 is 0 Å². The van der Waals surface area contributed by atoms with E-state index in [1.807, 2.05) is 35.7 Å². The number of benzene rings is 1. The van der Waals surface area contributed by atoms with E-state index in [2.05, 4.69) is 4.99 Å². The van der Waals surface area contributed by atoms with E-state index in [0.717, 1.165) is 10.4 Å². The topological polar surface area (TPSA) is 60.7 Å². The first-order valence-corrected chi connectivity index (χ1v) is 11.1. The monoisotopic (exact) mass is 444 g/mol. The molecule has 29 heavy (non-hydrogen) atoms. The summed E-state index contributed by atoms with van der Waals surface area (Å²) in [6.07, 6.45) is 1.81. The first kappa shape index (κ1) is 19.8. The molecule has 5 nitrogen and oxygen atoms in total. The highest BCUT2D eigenvalue weighted by Gasteiger charge is 2.33. The lowest BCUT2D eigenvalue weighted by molar-refractivity contribution is -0.139. The minimum atomic E-state index is -0.544. The zero-order chi connectivity index (χ0) is 20.5. The number of fused-ring (bicyclic) bond motifs is 1. The molecule has 4 rings (SSSR count). The van der Waals surface area contributed by atoms with Crippen molar-refractivity contribution in [1.29, 1.82) is 0 Å². The normalized spacial score (nSPS) is 16.5. The van der Waals surface area contributed by atoms with Gasteiger partial charge in [0.2, 0.25) is 0 Å². The number of thiophene rings is 1. The summed E-state index contributed by atoms with van der Waals surface area (Å²) in [5.41, 5.74) is 1.66. The molecular formula is C21H17ClN2O3S2. The lowest BCUT2D eigenvalue weighted by Gasteiger charge is -2.23. The van der Waals surface area contributed by atoms with Gasteiger partial charge in [-0.2, -0.15) is 0 Å². The lowest BCUT2D eigenvalue weighted by atomic mass is 10.0. The maximum absolute atomic E-state index is 13.3. The predicted molar refractivity (Wildman–Crippen MR) is 116 cm³/mol. The average molecular weight is 445 g/mol. The molecule has 0 amide bonds. The van der Waals surface area contributed by atoms with Gasteiger partial charge in [-0.05, 0) is 49.1 Å². The Morgan fingerprint density at radius 1 is 1.31 bits per heavy atom. The molecule has 1 aromatic carbocycles. The van der Waals surface area contributed by atoms with Crippen molar-refractivity contribution in [3.63, 3.8) is 0 Å².